The number of carbonyl (C=O) groups excluding carboxylic acids is 1. The van der Waals surface area contributed by atoms with E-state index in [1.165, 1.54) is 6.20 Å². The van der Waals surface area contributed by atoms with Gasteiger partial charge in [-0.15, -0.1) is 0 Å². The number of rotatable bonds is 3. The van der Waals surface area contributed by atoms with Gasteiger partial charge in [-0.1, -0.05) is 0 Å². The Hall–Kier alpha value is -2.64. The molecule has 0 spiro atoms. The van der Waals surface area contributed by atoms with E-state index in [0.29, 0.717) is 18.0 Å². The van der Waals surface area contributed by atoms with Crippen LogP contribution in [0.1, 0.15) is 10.5 Å². The van der Waals surface area contributed by atoms with Crippen molar-refractivity contribution in [2.24, 2.45) is 0 Å². The van der Waals surface area contributed by atoms with Crippen LogP contribution < -0.4 is 10.6 Å². The molecule has 0 atom stereocenters. The SMILES string of the molecule is CNc1cncc(C(=O)Nc2cc(F)c(F)cc2F)n1. The lowest BCUT2D eigenvalue weighted by molar-refractivity contribution is 0.102. The molecule has 1 aromatic carbocycles. The van der Waals surface area contributed by atoms with E-state index in [4.69, 9.17) is 0 Å². The van der Waals surface area contributed by atoms with Crippen molar-refractivity contribution in [3.05, 3.63) is 47.7 Å². The average Bonchev–Trinajstić information content (AvgIpc) is 2.44. The van der Waals surface area contributed by atoms with Gasteiger partial charge >= 0.3 is 0 Å². The number of carbonyl (C=O) groups is 1. The van der Waals surface area contributed by atoms with Crippen LogP contribution in [0, 0.1) is 17.5 Å². The number of nitrogens with zero attached hydrogens (tertiary/aromatic N) is 2. The van der Waals surface area contributed by atoms with Crippen molar-refractivity contribution in [2.45, 2.75) is 0 Å². The third kappa shape index (κ3) is 2.85. The number of halogens is 3. The number of nitrogens with one attached hydrogen (secondary N) is 2. The maximum Gasteiger partial charge on any atom is 0.276 e. The van der Waals surface area contributed by atoms with E-state index in [0.717, 1.165) is 6.20 Å². The Balaban J connectivity index is 2.25. The molecule has 1 aromatic heterocycles. The van der Waals surface area contributed by atoms with Crippen LogP contribution in [-0.4, -0.2) is 22.9 Å². The Morgan fingerprint density at radius 1 is 1.10 bits per heavy atom. The van der Waals surface area contributed by atoms with E-state index in [1.54, 1.807) is 7.05 Å². The van der Waals surface area contributed by atoms with Gasteiger partial charge < -0.3 is 10.6 Å². The summed E-state index contributed by atoms with van der Waals surface area (Å²) in [6.07, 6.45) is 2.54. The Bertz CT molecular complexity index is 663. The maximum absolute atomic E-state index is 13.4. The Morgan fingerprint density at radius 3 is 2.50 bits per heavy atom. The fourth-order valence-electron chi connectivity index (χ4n) is 1.40. The summed E-state index contributed by atoms with van der Waals surface area (Å²) >= 11 is 0. The molecule has 20 heavy (non-hydrogen) atoms. The molecule has 0 aliphatic carbocycles. The average molecular weight is 282 g/mol. The smallest absolute Gasteiger partial charge is 0.276 e. The first-order valence-corrected chi connectivity index (χ1v) is 5.47. The highest BCUT2D eigenvalue weighted by atomic mass is 19.2. The summed E-state index contributed by atoms with van der Waals surface area (Å²) < 4.78 is 39.1. The van der Waals surface area contributed by atoms with Gasteiger partial charge in [0.1, 0.15) is 17.3 Å². The highest BCUT2D eigenvalue weighted by Gasteiger charge is 2.14. The molecule has 0 bridgehead atoms. The van der Waals surface area contributed by atoms with Crippen LogP contribution in [0.2, 0.25) is 0 Å². The Labute approximate surface area is 111 Å². The van der Waals surface area contributed by atoms with Gasteiger partial charge in [0.25, 0.3) is 5.91 Å². The van der Waals surface area contributed by atoms with Gasteiger partial charge in [0.2, 0.25) is 0 Å². The lowest BCUT2D eigenvalue weighted by Crippen LogP contribution is -2.16. The number of benzene rings is 1. The third-order valence-electron chi connectivity index (χ3n) is 2.38. The minimum absolute atomic E-state index is 0.0963. The van der Waals surface area contributed by atoms with Crippen LogP contribution in [0.4, 0.5) is 24.7 Å². The molecule has 0 aliphatic heterocycles. The Morgan fingerprint density at radius 2 is 1.80 bits per heavy atom. The molecule has 2 aromatic rings. The maximum atomic E-state index is 13.4. The van der Waals surface area contributed by atoms with E-state index in [-0.39, 0.29) is 5.69 Å². The molecule has 2 rings (SSSR count). The van der Waals surface area contributed by atoms with Gasteiger partial charge in [-0.25, -0.2) is 18.2 Å². The summed E-state index contributed by atoms with van der Waals surface area (Å²) in [5.41, 5.74) is -0.577. The molecule has 5 nitrogen and oxygen atoms in total. The quantitative estimate of drug-likeness (QED) is 0.847. The summed E-state index contributed by atoms with van der Waals surface area (Å²) in [5.74, 6) is -4.15. The van der Waals surface area contributed by atoms with Crippen molar-refractivity contribution in [3.63, 3.8) is 0 Å². The molecule has 0 saturated carbocycles. The van der Waals surface area contributed by atoms with Crippen molar-refractivity contribution >= 4 is 17.4 Å². The molecule has 1 amide bonds. The fourth-order valence-corrected chi connectivity index (χ4v) is 1.40. The molecule has 0 unspecified atom stereocenters. The van der Waals surface area contributed by atoms with E-state index in [9.17, 15) is 18.0 Å². The second-order valence-electron chi connectivity index (χ2n) is 3.74. The second-order valence-corrected chi connectivity index (χ2v) is 3.74. The molecular formula is C12H9F3N4O. The van der Waals surface area contributed by atoms with Crippen molar-refractivity contribution in [1.29, 1.82) is 0 Å². The first-order valence-electron chi connectivity index (χ1n) is 5.47. The number of aromatic nitrogens is 2. The van der Waals surface area contributed by atoms with E-state index >= 15 is 0 Å². The van der Waals surface area contributed by atoms with Gasteiger partial charge in [0, 0.05) is 19.2 Å². The third-order valence-corrected chi connectivity index (χ3v) is 2.38. The topological polar surface area (TPSA) is 66.9 Å². The molecule has 104 valence electrons. The van der Waals surface area contributed by atoms with Crippen LogP contribution in [0.15, 0.2) is 24.5 Å². The molecule has 0 saturated heterocycles. The normalized spacial score (nSPS) is 10.2. The first kappa shape index (κ1) is 13.8. The van der Waals surface area contributed by atoms with Crippen molar-refractivity contribution in [3.8, 4) is 0 Å². The monoisotopic (exact) mass is 282 g/mol. The van der Waals surface area contributed by atoms with Gasteiger partial charge in [0.05, 0.1) is 18.1 Å². The number of amides is 1. The predicted octanol–water partition coefficient (Wildman–Crippen LogP) is 2.19. The van der Waals surface area contributed by atoms with Gasteiger partial charge in [-0.3, -0.25) is 9.78 Å². The van der Waals surface area contributed by atoms with Gasteiger partial charge in [0.15, 0.2) is 11.6 Å². The number of anilines is 2. The van der Waals surface area contributed by atoms with E-state index in [1.807, 2.05) is 0 Å². The summed E-state index contributed by atoms with van der Waals surface area (Å²) in [6, 6.07) is 0.901. The Kier molecular flexibility index (Phi) is 3.83. The summed E-state index contributed by atoms with van der Waals surface area (Å²) in [6.45, 7) is 0. The molecule has 0 aliphatic rings. The van der Waals surface area contributed by atoms with Crippen molar-refractivity contribution < 1.29 is 18.0 Å². The lowest BCUT2D eigenvalue weighted by Gasteiger charge is -2.07. The van der Waals surface area contributed by atoms with Crippen LogP contribution in [0.3, 0.4) is 0 Å². The zero-order valence-corrected chi connectivity index (χ0v) is 10.2. The molecular weight excluding hydrogens is 273 g/mol. The van der Waals surface area contributed by atoms with Crippen molar-refractivity contribution in [2.75, 3.05) is 17.7 Å². The molecule has 1 heterocycles. The summed E-state index contributed by atoms with van der Waals surface area (Å²) in [7, 11) is 1.58. The van der Waals surface area contributed by atoms with Crippen LogP contribution in [0.5, 0.6) is 0 Å². The predicted molar refractivity (Wildman–Crippen MR) is 65.8 cm³/mol. The molecule has 0 fully saturated rings. The zero-order chi connectivity index (χ0) is 14.7. The van der Waals surface area contributed by atoms with Crippen LogP contribution >= 0.6 is 0 Å². The molecule has 0 radical (unpaired) electrons. The number of hydrogen-bond donors (Lipinski definition) is 2. The van der Waals surface area contributed by atoms with Crippen LogP contribution in [0.25, 0.3) is 0 Å². The van der Waals surface area contributed by atoms with E-state index in [2.05, 4.69) is 20.6 Å². The summed E-state index contributed by atoms with van der Waals surface area (Å²) in [4.78, 5) is 19.4. The number of hydrogen-bond acceptors (Lipinski definition) is 4. The standard InChI is InChI=1S/C12H9F3N4O/c1-16-11-5-17-4-10(18-11)12(20)19-9-3-7(14)6(13)2-8(9)15/h2-5H,1H3,(H,16,18)(H,19,20). The summed E-state index contributed by atoms with van der Waals surface area (Å²) in [5, 5.41) is 4.77. The molecule has 2 N–H and O–H groups in total. The minimum atomic E-state index is -1.34. The van der Waals surface area contributed by atoms with Crippen molar-refractivity contribution in [1.82, 2.24) is 9.97 Å². The first-order chi connectivity index (χ1) is 9.51. The fraction of sp³-hybridized carbons (Fsp3) is 0.0833. The van der Waals surface area contributed by atoms with Gasteiger partial charge in [-0.2, -0.15) is 0 Å². The highest BCUT2D eigenvalue weighted by Crippen LogP contribution is 2.19. The molecule has 8 heteroatoms. The van der Waals surface area contributed by atoms with Crippen LogP contribution in [-0.2, 0) is 0 Å². The van der Waals surface area contributed by atoms with E-state index < -0.39 is 29.0 Å². The minimum Gasteiger partial charge on any atom is -0.372 e. The largest absolute Gasteiger partial charge is 0.372 e. The lowest BCUT2D eigenvalue weighted by atomic mass is 10.2. The zero-order valence-electron chi connectivity index (χ0n) is 10.2. The second kappa shape index (κ2) is 5.55. The van der Waals surface area contributed by atoms with Gasteiger partial charge in [-0.05, 0) is 0 Å². The highest BCUT2D eigenvalue weighted by molar-refractivity contribution is 6.02.